The quantitative estimate of drug-likeness (QED) is 0.798. The Balaban J connectivity index is 2.92. The topological polar surface area (TPSA) is 42.4 Å². The molecular weight excluding hydrogens is 178 g/mol. The molecule has 0 saturated heterocycles. The number of rotatable bonds is 4. The van der Waals surface area contributed by atoms with Crippen LogP contribution in [0.3, 0.4) is 0 Å². The maximum atomic E-state index is 9.57. The molecule has 2 atom stereocenters. The molecule has 0 aliphatic heterocycles. The third kappa shape index (κ3) is 2.45. The van der Waals surface area contributed by atoms with Crippen molar-refractivity contribution in [3.63, 3.8) is 0 Å². The Labute approximate surface area is 84.7 Å². The number of pyridine rings is 1. The second-order valence-corrected chi connectivity index (χ2v) is 3.39. The van der Waals surface area contributed by atoms with E-state index in [2.05, 4.69) is 11.9 Å². The van der Waals surface area contributed by atoms with E-state index in [9.17, 15) is 5.11 Å². The van der Waals surface area contributed by atoms with Crippen LogP contribution in [0.1, 0.15) is 31.7 Å². The summed E-state index contributed by atoms with van der Waals surface area (Å²) in [5, 5.41) is 9.57. The van der Waals surface area contributed by atoms with Gasteiger partial charge in [0.15, 0.2) is 0 Å². The van der Waals surface area contributed by atoms with Gasteiger partial charge in [-0.15, -0.1) is 0 Å². The minimum Gasteiger partial charge on any atom is -0.481 e. The van der Waals surface area contributed by atoms with E-state index in [1.807, 2.05) is 12.1 Å². The predicted molar refractivity (Wildman–Crippen MR) is 55.5 cm³/mol. The van der Waals surface area contributed by atoms with Gasteiger partial charge in [-0.05, 0) is 25.0 Å². The lowest BCUT2D eigenvalue weighted by atomic mass is 9.93. The van der Waals surface area contributed by atoms with E-state index < -0.39 is 0 Å². The SMILES string of the molecule is CCC(c1ccnc(OC)c1)C(C)O. The Hall–Kier alpha value is -1.09. The van der Waals surface area contributed by atoms with E-state index in [0.29, 0.717) is 5.88 Å². The lowest BCUT2D eigenvalue weighted by Crippen LogP contribution is -2.13. The molecule has 0 radical (unpaired) electrons. The van der Waals surface area contributed by atoms with Crippen LogP contribution >= 0.6 is 0 Å². The molecule has 78 valence electrons. The average molecular weight is 195 g/mol. The first-order valence-corrected chi connectivity index (χ1v) is 4.87. The minimum absolute atomic E-state index is 0.159. The number of aromatic nitrogens is 1. The largest absolute Gasteiger partial charge is 0.481 e. The van der Waals surface area contributed by atoms with Crippen LogP contribution in [-0.2, 0) is 0 Å². The highest BCUT2D eigenvalue weighted by atomic mass is 16.5. The average Bonchev–Trinajstić information content (AvgIpc) is 2.19. The molecular formula is C11H17NO2. The van der Waals surface area contributed by atoms with Crippen LogP contribution in [0.2, 0.25) is 0 Å². The number of ether oxygens (including phenoxy) is 1. The first-order valence-electron chi connectivity index (χ1n) is 4.87. The molecule has 1 aromatic rings. The Kier molecular flexibility index (Phi) is 3.89. The minimum atomic E-state index is -0.341. The van der Waals surface area contributed by atoms with Crippen molar-refractivity contribution in [3.05, 3.63) is 23.9 Å². The van der Waals surface area contributed by atoms with E-state index in [1.165, 1.54) is 0 Å². The van der Waals surface area contributed by atoms with Crippen molar-refractivity contribution in [1.82, 2.24) is 4.98 Å². The molecule has 3 heteroatoms. The first kappa shape index (κ1) is 11.0. The van der Waals surface area contributed by atoms with Gasteiger partial charge in [0, 0.05) is 18.2 Å². The molecule has 0 aliphatic rings. The van der Waals surface area contributed by atoms with Gasteiger partial charge in [-0.2, -0.15) is 0 Å². The van der Waals surface area contributed by atoms with Gasteiger partial charge in [0.1, 0.15) is 0 Å². The van der Waals surface area contributed by atoms with E-state index in [-0.39, 0.29) is 12.0 Å². The molecule has 0 saturated carbocycles. The lowest BCUT2D eigenvalue weighted by molar-refractivity contribution is 0.159. The molecule has 2 unspecified atom stereocenters. The Morgan fingerprint density at radius 3 is 2.79 bits per heavy atom. The molecule has 0 aliphatic carbocycles. The zero-order chi connectivity index (χ0) is 10.6. The van der Waals surface area contributed by atoms with Gasteiger partial charge >= 0.3 is 0 Å². The second-order valence-electron chi connectivity index (χ2n) is 3.39. The molecule has 3 nitrogen and oxygen atoms in total. The number of methoxy groups -OCH3 is 1. The fraction of sp³-hybridized carbons (Fsp3) is 0.545. The van der Waals surface area contributed by atoms with Crippen molar-refractivity contribution in [3.8, 4) is 5.88 Å². The lowest BCUT2D eigenvalue weighted by Gasteiger charge is -2.18. The number of nitrogens with zero attached hydrogens (tertiary/aromatic N) is 1. The van der Waals surface area contributed by atoms with Gasteiger partial charge in [0.05, 0.1) is 13.2 Å². The molecule has 1 heterocycles. The van der Waals surface area contributed by atoms with Crippen molar-refractivity contribution >= 4 is 0 Å². The molecule has 0 bridgehead atoms. The number of hydrogen-bond donors (Lipinski definition) is 1. The van der Waals surface area contributed by atoms with Crippen LogP contribution in [0.4, 0.5) is 0 Å². The Bertz CT molecular complexity index is 286. The van der Waals surface area contributed by atoms with Gasteiger partial charge in [-0.1, -0.05) is 6.92 Å². The van der Waals surface area contributed by atoms with Crippen molar-refractivity contribution in [2.24, 2.45) is 0 Å². The highest BCUT2D eigenvalue weighted by Crippen LogP contribution is 2.24. The summed E-state index contributed by atoms with van der Waals surface area (Å²) in [7, 11) is 1.59. The fourth-order valence-electron chi connectivity index (χ4n) is 1.62. The van der Waals surface area contributed by atoms with E-state index in [1.54, 1.807) is 20.2 Å². The van der Waals surface area contributed by atoms with Crippen LogP contribution in [0, 0.1) is 0 Å². The number of aliphatic hydroxyl groups excluding tert-OH is 1. The highest BCUT2D eigenvalue weighted by molar-refractivity contribution is 5.24. The summed E-state index contributed by atoms with van der Waals surface area (Å²) in [5.41, 5.74) is 1.08. The van der Waals surface area contributed by atoms with Gasteiger partial charge in [0.2, 0.25) is 5.88 Å². The third-order valence-electron chi connectivity index (χ3n) is 2.42. The predicted octanol–water partition coefficient (Wildman–Crippen LogP) is 1.96. The molecule has 1 aromatic heterocycles. The third-order valence-corrected chi connectivity index (χ3v) is 2.42. The van der Waals surface area contributed by atoms with E-state index in [4.69, 9.17) is 4.74 Å². The fourth-order valence-corrected chi connectivity index (χ4v) is 1.62. The molecule has 1 rings (SSSR count). The van der Waals surface area contributed by atoms with E-state index >= 15 is 0 Å². The Morgan fingerprint density at radius 1 is 1.57 bits per heavy atom. The molecule has 14 heavy (non-hydrogen) atoms. The summed E-state index contributed by atoms with van der Waals surface area (Å²) in [6, 6.07) is 3.80. The highest BCUT2D eigenvalue weighted by Gasteiger charge is 2.15. The van der Waals surface area contributed by atoms with Gasteiger partial charge in [-0.3, -0.25) is 0 Å². The maximum Gasteiger partial charge on any atom is 0.213 e. The van der Waals surface area contributed by atoms with Gasteiger partial charge in [0.25, 0.3) is 0 Å². The van der Waals surface area contributed by atoms with Crippen LogP contribution < -0.4 is 4.74 Å². The first-order chi connectivity index (χ1) is 6.69. The molecule has 0 aromatic carbocycles. The van der Waals surface area contributed by atoms with Crippen molar-refractivity contribution in [2.75, 3.05) is 7.11 Å². The van der Waals surface area contributed by atoms with Crippen LogP contribution in [-0.4, -0.2) is 23.3 Å². The molecule has 0 fully saturated rings. The van der Waals surface area contributed by atoms with Gasteiger partial charge in [-0.25, -0.2) is 4.98 Å². The zero-order valence-corrected chi connectivity index (χ0v) is 8.90. The summed E-state index contributed by atoms with van der Waals surface area (Å²) < 4.78 is 5.04. The van der Waals surface area contributed by atoms with Crippen LogP contribution in [0.15, 0.2) is 18.3 Å². The van der Waals surface area contributed by atoms with Crippen LogP contribution in [0.5, 0.6) is 5.88 Å². The summed E-state index contributed by atoms with van der Waals surface area (Å²) in [6.07, 6.45) is 2.27. The summed E-state index contributed by atoms with van der Waals surface area (Å²) in [6.45, 7) is 3.87. The standard InChI is InChI=1S/C11H17NO2/c1-4-10(8(2)13)9-5-6-12-11(7-9)14-3/h5-8,10,13H,4H2,1-3H3. The summed E-state index contributed by atoms with van der Waals surface area (Å²) in [5.74, 6) is 0.758. The van der Waals surface area contributed by atoms with Crippen molar-refractivity contribution < 1.29 is 9.84 Å². The second kappa shape index (κ2) is 4.96. The number of hydrogen-bond acceptors (Lipinski definition) is 3. The van der Waals surface area contributed by atoms with E-state index in [0.717, 1.165) is 12.0 Å². The molecule has 1 N–H and O–H groups in total. The molecule has 0 amide bonds. The monoisotopic (exact) mass is 195 g/mol. The maximum absolute atomic E-state index is 9.57. The zero-order valence-electron chi connectivity index (χ0n) is 8.90. The summed E-state index contributed by atoms with van der Waals surface area (Å²) in [4.78, 5) is 4.03. The normalized spacial score (nSPS) is 14.9. The summed E-state index contributed by atoms with van der Waals surface area (Å²) >= 11 is 0. The van der Waals surface area contributed by atoms with Crippen molar-refractivity contribution in [2.45, 2.75) is 32.3 Å². The molecule has 0 spiro atoms. The van der Waals surface area contributed by atoms with Gasteiger partial charge < -0.3 is 9.84 Å². The number of aliphatic hydroxyl groups is 1. The van der Waals surface area contributed by atoms with Crippen molar-refractivity contribution in [1.29, 1.82) is 0 Å². The van der Waals surface area contributed by atoms with Crippen LogP contribution in [0.25, 0.3) is 0 Å². The Morgan fingerprint density at radius 2 is 2.29 bits per heavy atom. The smallest absolute Gasteiger partial charge is 0.213 e.